The monoisotopic (exact) mass is 391 g/mol. The fraction of sp³-hybridized carbons (Fsp3) is 0.227. The molecule has 0 saturated heterocycles. The van der Waals surface area contributed by atoms with Gasteiger partial charge in [-0.3, -0.25) is 14.5 Å². The van der Waals surface area contributed by atoms with Crippen molar-refractivity contribution in [1.29, 1.82) is 0 Å². The summed E-state index contributed by atoms with van der Waals surface area (Å²) < 4.78 is 1.93. The van der Waals surface area contributed by atoms with Gasteiger partial charge >= 0.3 is 0 Å². The third kappa shape index (κ3) is 4.89. The molecule has 2 amide bonds. The number of hydrogen-bond donors (Lipinski definition) is 2. The third-order valence-corrected chi connectivity index (χ3v) is 4.74. The first-order chi connectivity index (χ1) is 13.8. The fourth-order valence-corrected chi connectivity index (χ4v) is 3.21. The molecule has 0 atom stereocenters. The maximum Gasteiger partial charge on any atom is 0.248 e. The van der Waals surface area contributed by atoms with Crippen LogP contribution in [0.25, 0.3) is 5.69 Å². The van der Waals surface area contributed by atoms with E-state index >= 15 is 0 Å². The van der Waals surface area contributed by atoms with Crippen LogP contribution in [0.1, 0.15) is 27.3 Å². The lowest BCUT2D eigenvalue weighted by Gasteiger charge is -2.17. The largest absolute Gasteiger partial charge is 0.366 e. The van der Waals surface area contributed by atoms with E-state index in [1.807, 2.05) is 60.8 Å². The molecule has 0 spiro atoms. The Bertz CT molecular complexity index is 1010. The molecule has 7 nitrogen and oxygen atoms in total. The first kappa shape index (κ1) is 20.3. The average Bonchev–Trinajstić information content (AvgIpc) is 2.97. The first-order valence-electron chi connectivity index (χ1n) is 9.34. The summed E-state index contributed by atoms with van der Waals surface area (Å²) in [6, 6.07) is 16.5. The summed E-state index contributed by atoms with van der Waals surface area (Å²) in [5.41, 5.74) is 10.4. The Kier molecular flexibility index (Phi) is 6.09. The van der Waals surface area contributed by atoms with Gasteiger partial charge in [0.25, 0.3) is 0 Å². The van der Waals surface area contributed by atoms with E-state index in [-0.39, 0.29) is 12.5 Å². The Morgan fingerprint density at radius 3 is 2.34 bits per heavy atom. The SMILES string of the molecule is Cc1nn(-c2ccccc2)c(C)c1CN(C)CC(=O)Nc1ccc(C(N)=O)cc1. The Morgan fingerprint density at radius 1 is 1.07 bits per heavy atom. The van der Waals surface area contributed by atoms with Crippen molar-refractivity contribution in [2.24, 2.45) is 5.73 Å². The van der Waals surface area contributed by atoms with Crippen LogP contribution in [-0.2, 0) is 11.3 Å². The van der Waals surface area contributed by atoms with Gasteiger partial charge in [0.2, 0.25) is 11.8 Å². The van der Waals surface area contributed by atoms with Crippen LogP contribution in [0.3, 0.4) is 0 Å². The van der Waals surface area contributed by atoms with Gasteiger partial charge in [0.05, 0.1) is 17.9 Å². The summed E-state index contributed by atoms with van der Waals surface area (Å²) in [4.78, 5) is 25.4. The highest BCUT2D eigenvalue weighted by Crippen LogP contribution is 2.19. The number of primary amides is 1. The van der Waals surface area contributed by atoms with Gasteiger partial charge in [0.1, 0.15) is 0 Å². The Morgan fingerprint density at radius 2 is 1.72 bits per heavy atom. The van der Waals surface area contributed by atoms with Gasteiger partial charge in [-0.1, -0.05) is 18.2 Å². The number of aryl methyl sites for hydroxylation is 1. The quantitative estimate of drug-likeness (QED) is 0.647. The summed E-state index contributed by atoms with van der Waals surface area (Å²) in [7, 11) is 1.90. The molecule has 0 fully saturated rings. The number of carbonyl (C=O) groups is 2. The van der Waals surface area contributed by atoms with E-state index in [0.29, 0.717) is 17.8 Å². The summed E-state index contributed by atoms with van der Waals surface area (Å²) in [5.74, 6) is -0.630. The molecule has 1 heterocycles. The summed E-state index contributed by atoms with van der Waals surface area (Å²) in [6.45, 7) is 4.86. The molecule has 0 unspecified atom stereocenters. The van der Waals surface area contributed by atoms with Crippen molar-refractivity contribution < 1.29 is 9.59 Å². The zero-order chi connectivity index (χ0) is 21.0. The van der Waals surface area contributed by atoms with E-state index in [1.165, 1.54) is 0 Å². The number of nitrogens with two attached hydrogens (primary N) is 1. The number of amides is 2. The van der Waals surface area contributed by atoms with Gasteiger partial charge in [-0.15, -0.1) is 0 Å². The number of nitrogens with zero attached hydrogens (tertiary/aromatic N) is 3. The minimum absolute atomic E-state index is 0.134. The standard InChI is InChI=1S/C22H25N5O2/c1-15-20(16(2)27(25-15)19-7-5-4-6-8-19)13-26(3)14-21(28)24-18-11-9-17(10-12-18)22(23)29/h4-12H,13-14H2,1-3H3,(H2,23,29)(H,24,28). The molecule has 2 aromatic carbocycles. The Hall–Kier alpha value is -3.45. The molecule has 3 aromatic rings. The highest BCUT2D eigenvalue weighted by molar-refractivity contribution is 5.95. The number of para-hydroxylation sites is 1. The van der Waals surface area contributed by atoms with Gasteiger partial charge in [-0.2, -0.15) is 5.10 Å². The second kappa shape index (κ2) is 8.70. The van der Waals surface area contributed by atoms with E-state index in [4.69, 9.17) is 5.73 Å². The predicted octanol–water partition coefficient (Wildman–Crippen LogP) is 2.66. The highest BCUT2D eigenvalue weighted by Gasteiger charge is 2.16. The van der Waals surface area contributed by atoms with Crippen LogP contribution in [0.2, 0.25) is 0 Å². The second-order valence-corrected chi connectivity index (χ2v) is 7.06. The van der Waals surface area contributed by atoms with Crippen molar-refractivity contribution in [3.63, 3.8) is 0 Å². The Labute approximate surface area is 170 Å². The van der Waals surface area contributed by atoms with E-state index < -0.39 is 5.91 Å². The lowest BCUT2D eigenvalue weighted by molar-refractivity contribution is -0.117. The van der Waals surface area contributed by atoms with E-state index in [1.54, 1.807) is 24.3 Å². The molecule has 1 aromatic heterocycles. The van der Waals surface area contributed by atoms with Crippen molar-refractivity contribution in [2.45, 2.75) is 20.4 Å². The number of anilines is 1. The summed E-state index contributed by atoms with van der Waals surface area (Å²) in [5, 5.41) is 7.49. The van der Waals surface area contributed by atoms with Crippen molar-refractivity contribution >= 4 is 17.5 Å². The van der Waals surface area contributed by atoms with Crippen molar-refractivity contribution in [3.8, 4) is 5.69 Å². The van der Waals surface area contributed by atoms with E-state index in [0.717, 1.165) is 22.6 Å². The topological polar surface area (TPSA) is 93.2 Å². The molecule has 0 radical (unpaired) electrons. The van der Waals surface area contributed by atoms with Crippen LogP contribution >= 0.6 is 0 Å². The number of aromatic nitrogens is 2. The molecule has 29 heavy (non-hydrogen) atoms. The molecule has 0 aliphatic carbocycles. The van der Waals surface area contributed by atoms with Crippen LogP contribution in [0.4, 0.5) is 5.69 Å². The summed E-state index contributed by atoms with van der Waals surface area (Å²) >= 11 is 0. The van der Waals surface area contributed by atoms with Gasteiger partial charge in [-0.25, -0.2) is 4.68 Å². The molecule has 150 valence electrons. The third-order valence-electron chi connectivity index (χ3n) is 4.74. The lowest BCUT2D eigenvalue weighted by atomic mass is 10.2. The van der Waals surface area contributed by atoms with Crippen LogP contribution in [0, 0.1) is 13.8 Å². The molecule has 7 heteroatoms. The number of hydrogen-bond acceptors (Lipinski definition) is 4. The van der Waals surface area contributed by atoms with E-state index in [9.17, 15) is 9.59 Å². The first-order valence-corrected chi connectivity index (χ1v) is 9.34. The van der Waals surface area contributed by atoms with Gasteiger partial charge in [0.15, 0.2) is 0 Å². The second-order valence-electron chi connectivity index (χ2n) is 7.06. The number of benzene rings is 2. The number of likely N-dealkylation sites (N-methyl/N-ethyl adjacent to an activating group) is 1. The Balaban J connectivity index is 1.63. The smallest absolute Gasteiger partial charge is 0.248 e. The van der Waals surface area contributed by atoms with Crippen molar-refractivity contribution in [3.05, 3.63) is 77.1 Å². The summed E-state index contributed by atoms with van der Waals surface area (Å²) in [6.07, 6.45) is 0. The fourth-order valence-electron chi connectivity index (χ4n) is 3.21. The minimum atomic E-state index is -0.496. The number of nitrogens with one attached hydrogen (secondary N) is 1. The molecular weight excluding hydrogens is 366 g/mol. The number of rotatable bonds is 7. The molecular formula is C22H25N5O2. The molecule has 0 aliphatic heterocycles. The van der Waals surface area contributed by atoms with Gasteiger partial charge < -0.3 is 11.1 Å². The van der Waals surface area contributed by atoms with Crippen molar-refractivity contribution in [1.82, 2.24) is 14.7 Å². The lowest BCUT2D eigenvalue weighted by Crippen LogP contribution is -2.30. The molecule has 0 bridgehead atoms. The van der Waals surface area contributed by atoms with Crippen LogP contribution in [0.5, 0.6) is 0 Å². The van der Waals surface area contributed by atoms with Gasteiger partial charge in [0, 0.05) is 29.1 Å². The predicted molar refractivity (Wildman–Crippen MR) is 113 cm³/mol. The molecule has 0 aliphatic rings. The maximum absolute atomic E-state index is 12.4. The van der Waals surface area contributed by atoms with Crippen LogP contribution in [0.15, 0.2) is 54.6 Å². The van der Waals surface area contributed by atoms with Crippen LogP contribution in [-0.4, -0.2) is 40.1 Å². The van der Waals surface area contributed by atoms with E-state index in [2.05, 4.69) is 10.4 Å². The maximum atomic E-state index is 12.4. The average molecular weight is 391 g/mol. The molecule has 0 saturated carbocycles. The molecule has 3 rings (SSSR count). The van der Waals surface area contributed by atoms with Crippen molar-refractivity contribution in [2.75, 3.05) is 18.9 Å². The van der Waals surface area contributed by atoms with Crippen LogP contribution < -0.4 is 11.1 Å². The molecule has 3 N–H and O–H groups in total. The number of carbonyl (C=O) groups excluding carboxylic acids is 2. The highest BCUT2D eigenvalue weighted by atomic mass is 16.2. The minimum Gasteiger partial charge on any atom is -0.366 e. The normalized spacial score (nSPS) is 10.9. The zero-order valence-corrected chi connectivity index (χ0v) is 16.8. The van der Waals surface area contributed by atoms with Gasteiger partial charge in [-0.05, 0) is 57.3 Å². The zero-order valence-electron chi connectivity index (χ0n) is 16.8.